The van der Waals surface area contributed by atoms with Crippen LogP contribution in [0, 0.1) is 11.3 Å². The molecule has 2 nitrogen and oxygen atoms in total. The molecule has 0 spiro atoms. The minimum Gasteiger partial charge on any atom is -0.377 e. The Morgan fingerprint density at radius 3 is 2.92 bits per heavy atom. The van der Waals surface area contributed by atoms with Crippen LogP contribution in [0.25, 0.3) is 0 Å². The van der Waals surface area contributed by atoms with Crippen molar-refractivity contribution >= 4 is 0 Å². The molecule has 2 fully saturated rings. The van der Waals surface area contributed by atoms with Crippen molar-refractivity contribution in [3.05, 3.63) is 0 Å². The van der Waals surface area contributed by atoms with Crippen molar-refractivity contribution in [2.45, 2.75) is 32.8 Å². The topological polar surface area (TPSA) is 12.5 Å². The molecule has 0 bridgehead atoms. The fourth-order valence-corrected chi connectivity index (χ4v) is 2.71. The fourth-order valence-electron chi connectivity index (χ4n) is 2.71. The predicted molar refractivity (Wildman–Crippen MR) is 53.7 cm³/mol. The van der Waals surface area contributed by atoms with E-state index in [0.29, 0.717) is 11.5 Å². The summed E-state index contributed by atoms with van der Waals surface area (Å²) in [7, 11) is 2.22. The van der Waals surface area contributed by atoms with E-state index in [1.807, 2.05) is 0 Å². The van der Waals surface area contributed by atoms with Crippen molar-refractivity contribution in [1.29, 1.82) is 0 Å². The van der Waals surface area contributed by atoms with Crippen LogP contribution in [0.5, 0.6) is 0 Å². The third-order valence-corrected chi connectivity index (χ3v) is 3.37. The SMILES string of the molecule is CN1CCC2OCC(C)(C)CC2C1. The van der Waals surface area contributed by atoms with Gasteiger partial charge >= 0.3 is 0 Å². The summed E-state index contributed by atoms with van der Waals surface area (Å²) in [6.07, 6.45) is 3.13. The van der Waals surface area contributed by atoms with Gasteiger partial charge in [-0.15, -0.1) is 0 Å². The molecule has 0 aliphatic carbocycles. The molecule has 2 saturated heterocycles. The Morgan fingerprint density at radius 1 is 1.38 bits per heavy atom. The molecule has 2 aliphatic rings. The molecule has 0 amide bonds. The number of hydrogen-bond acceptors (Lipinski definition) is 2. The van der Waals surface area contributed by atoms with Crippen molar-refractivity contribution in [2.24, 2.45) is 11.3 Å². The Labute approximate surface area is 81.3 Å². The van der Waals surface area contributed by atoms with Gasteiger partial charge in [-0.25, -0.2) is 0 Å². The zero-order valence-corrected chi connectivity index (χ0v) is 9.05. The third-order valence-electron chi connectivity index (χ3n) is 3.37. The van der Waals surface area contributed by atoms with Gasteiger partial charge in [0.05, 0.1) is 12.7 Å². The Kier molecular flexibility index (Phi) is 2.37. The number of hydrogen-bond donors (Lipinski definition) is 0. The molecule has 76 valence electrons. The summed E-state index contributed by atoms with van der Waals surface area (Å²) in [6.45, 7) is 8.03. The highest BCUT2D eigenvalue weighted by Crippen LogP contribution is 2.37. The molecule has 0 saturated carbocycles. The maximum Gasteiger partial charge on any atom is 0.0628 e. The molecule has 0 aromatic carbocycles. The molecule has 13 heavy (non-hydrogen) atoms. The minimum atomic E-state index is 0.402. The van der Waals surface area contributed by atoms with Gasteiger partial charge in [-0.3, -0.25) is 0 Å². The Morgan fingerprint density at radius 2 is 2.15 bits per heavy atom. The van der Waals surface area contributed by atoms with Crippen molar-refractivity contribution in [3.63, 3.8) is 0 Å². The van der Waals surface area contributed by atoms with Crippen LogP contribution in [0.3, 0.4) is 0 Å². The first-order valence-electron chi connectivity index (χ1n) is 5.37. The number of likely N-dealkylation sites (tertiary alicyclic amines) is 1. The van der Waals surface area contributed by atoms with Crippen LogP contribution in [0.4, 0.5) is 0 Å². The quantitative estimate of drug-likeness (QED) is 0.567. The summed E-state index contributed by atoms with van der Waals surface area (Å²) >= 11 is 0. The van der Waals surface area contributed by atoms with E-state index in [0.717, 1.165) is 12.5 Å². The zero-order valence-electron chi connectivity index (χ0n) is 9.05. The molecule has 2 aliphatic heterocycles. The Balaban J connectivity index is 2.00. The lowest BCUT2D eigenvalue weighted by Crippen LogP contribution is -2.48. The highest BCUT2D eigenvalue weighted by atomic mass is 16.5. The van der Waals surface area contributed by atoms with E-state index in [1.54, 1.807) is 0 Å². The molecular formula is C11H21NO. The summed E-state index contributed by atoms with van der Waals surface area (Å²) in [5.41, 5.74) is 0.402. The van der Waals surface area contributed by atoms with E-state index in [2.05, 4.69) is 25.8 Å². The van der Waals surface area contributed by atoms with Crippen LogP contribution in [-0.2, 0) is 4.74 Å². The summed E-state index contributed by atoms with van der Waals surface area (Å²) in [6, 6.07) is 0. The molecule has 2 unspecified atom stereocenters. The lowest BCUT2D eigenvalue weighted by atomic mass is 9.76. The molecular weight excluding hydrogens is 162 g/mol. The standard InChI is InChI=1S/C11H21NO/c1-11(2)6-9-7-12(3)5-4-10(9)13-8-11/h9-10H,4-8H2,1-3H3. The average Bonchev–Trinajstić information content (AvgIpc) is 2.01. The second-order valence-corrected chi connectivity index (χ2v) is 5.53. The largest absolute Gasteiger partial charge is 0.377 e. The van der Waals surface area contributed by atoms with Gasteiger partial charge in [0.2, 0.25) is 0 Å². The molecule has 2 heterocycles. The summed E-state index contributed by atoms with van der Waals surface area (Å²) in [5, 5.41) is 0. The van der Waals surface area contributed by atoms with Gasteiger partial charge in [-0.1, -0.05) is 13.8 Å². The molecule has 2 heteroatoms. The van der Waals surface area contributed by atoms with E-state index in [-0.39, 0.29) is 0 Å². The number of ether oxygens (including phenoxy) is 1. The first-order valence-corrected chi connectivity index (χ1v) is 5.37. The summed E-state index contributed by atoms with van der Waals surface area (Å²) in [5.74, 6) is 0.780. The second-order valence-electron chi connectivity index (χ2n) is 5.53. The van der Waals surface area contributed by atoms with Crippen LogP contribution in [0.2, 0.25) is 0 Å². The van der Waals surface area contributed by atoms with Gasteiger partial charge in [0.25, 0.3) is 0 Å². The van der Waals surface area contributed by atoms with E-state index in [4.69, 9.17) is 4.74 Å². The predicted octanol–water partition coefficient (Wildman–Crippen LogP) is 1.75. The number of rotatable bonds is 0. The maximum atomic E-state index is 5.92. The maximum absolute atomic E-state index is 5.92. The van der Waals surface area contributed by atoms with Crippen LogP contribution in [-0.4, -0.2) is 37.7 Å². The summed E-state index contributed by atoms with van der Waals surface area (Å²) in [4.78, 5) is 2.44. The molecule has 0 N–H and O–H groups in total. The normalized spacial score (nSPS) is 39.9. The van der Waals surface area contributed by atoms with Gasteiger partial charge < -0.3 is 9.64 Å². The number of nitrogens with zero attached hydrogens (tertiary/aromatic N) is 1. The van der Waals surface area contributed by atoms with Crippen molar-refractivity contribution < 1.29 is 4.74 Å². The highest BCUT2D eigenvalue weighted by molar-refractivity contribution is 4.88. The van der Waals surface area contributed by atoms with Gasteiger partial charge in [0.15, 0.2) is 0 Å². The van der Waals surface area contributed by atoms with Crippen LogP contribution in [0.15, 0.2) is 0 Å². The van der Waals surface area contributed by atoms with E-state index in [1.165, 1.54) is 25.9 Å². The Hall–Kier alpha value is -0.0800. The first kappa shape index (κ1) is 9.47. The highest BCUT2D eigenvalue weighted by Gasteiger charge is 2.38. The van der Waals surface area contributed by atoms with Crippen LogP contribution in [0.1, 0.15) is 26.7 Å². The van der Waals surface area contributed by atoms with Gasteiger partial charge in [0.1, 0.15) is 0 Å². The second kappa shape index (κ2) is 3.25. The van der Waals surface area contributed by atoms with Crippen molar-refractivity contribution in [3.8, 4) is 0 Å². The molecule has 0 aromatic heterocycles. The van der Waals surface area contributed by atoms with E-state index < -0.39 is 0 Å². The summed E-state index contributed by atoms with van der Waals surface area (Å²) < 4.78 is 5.92. The number of piperidine rings is 1. The van der Waals surface area contributed by atoms with E-state index in [9.17, 15) is 0 Å². The van der Waals surface area contributed by atoms with Gasteiger partial charge in [0, 0.05) is 13.1 Å². The molecule has 2 rings (SSSR count). The Bertz CT molecular complexity index is 191. The molecule has 0 aromatic rings. The minimum absolute atomic E-state index is 0.402. The van der Waals surface area contributed by atoms with Crippen LogP contribution >= 0.6 is 0 Å². The first-order chi connectivity index (χ1) is 6.07. The third kappa shape index (κ3) is 2.05. The number of fused-ring (bicyclic) bond motifs is 1. The van der Waals surface area contributed by atoms with Gasteiger partial charge in [-0.2, -0.15) is 0 Å². The van der Waals surface area contributed by atoms with Crippen LogP contribution < -0.4 is 0 Å². The lowest BCUT2D eigenvalue weighted by Gasteiger charge is -2.45. The van der Waals surface area contributed by atoms with Gasteiger partial charge in [-0.05, 0) is 31.2 Å². The zero-order chi connectivity index (χ0) is 9.47. The van der Waals surface area contributed by atoms with Crippen molar-refractivity contribution in [2.75, 3.05) is 26.7 Å². The smallest absolute Gasteiger partial charge is 0.0628 e. The van der Waals surface area contributed by atoms with Crippen molar-refractivity contribution in [1.82, 2.24) is 4.90 Å². The van der Waals surface area contributed by atoms with E-state index >= 15 is 0 Å². The molecule has 0 radical (unpaired) electrons. The monoisotopic (exact) mass is 183 g/mol. The average molecular weight is 183 g/mol. The lowest BCUT2D eigenvalue weighted by molar-refractivity contribution is -0.112. The molecule has 2 atom stereocenters. The fraction of sp³-hybridized carbons (Fsp3) is 1.00.